The zero-order valence-corrected chi connectivity index (χ0v) is 9.14. The van der Waals surface area contributed by atoms with Crippen LogP contribution in [0.1, 0.15) is 16.1 Å². The molecule has 88 valence electrons. The lowest BCUT2D eigenvalue weighted by molar-refractivity contribution is 0.0695. The Morgan fingerprint density at radius 3 is 2.76 bits per heavy atom. The van der Waals surface area contributed by atoms with Crippen molar-refractivity contribution in [2.45, 2.75) is 6.92 Å². The fraction of sp³-hybridized carbons (Fsp3) is 0.200. The standard InChI is InChI=1S/C10H9N3O4/c1-4-5-3-6(9(15)16)8(14)12-7(5)13-10(11-4)17-2/h3H,1-2H3,(H,15,16)(H,11,12,13,14). The van der Waals surface area contributed by atoms with Crippen molar-refractivity contribution in [2.24, 2.45) is 0 Å². The van der Waals surface area contributed by atoms with E-state index in [1.807, 2.05) is 0 Å². The summed E-state index contributed by atoms with van der Waals surface area (Å²) in [6.45, 7) is 1.68. The summed E-state index contributed by atoms with van der Waals surface area (Å²) in [5, 5.41) is 9.31. The van der Waals surface area contributed by atoms with Gasteiger partial charge in [-0.25, -0.2) is 4.79 Å². The van der Waals surface area contributed by atoms with E-state index < -0.39 is 11.5 Å². The van der Waals surface area contributed by atoms with Gasteiger partial charge >= 0.3 is 12.0 Å². The molecular weight excluding hydrogens is 226 g/mol. The Labute approximate surface area is 95.1 Å². The highest BCUT2D eigenvalue weighted by Crippen LogP contribution is 2.15. The second-order valence-corrected chi connectivity index (χ2v) is 3.38. The summed E-state index contributed by atoms with van der Waals surface area (Å²) in [5.74, 6) is -1.29. The van der Waals surface area contributed by atoms with Crippen LogP contribution in [0.3, 0.4) is 0 Å². The lowest BCUT2D eigenvalue weighted by Crippen LogP contribution is -2.18. The van der Waals surface area contributed by atoms with Crippen LogP contribution in [0.4, 0.5) is 0 Å². The molecule has 0 aliphatic heterocycles. The third-order valence-corrected chi connectivity index (χ3v) is 2.29. The van der Waals surface area contributed by atoms with Crippen LogP contribution in [0.15, 0.2) is 10.9 Å². The molecule has 2 heterocycles. The molecule has 0 unspecified atom stereocenters. The maximum Gasteiger partial charge on any atom is 0.341 e. The van der Waals surface area contributed by atoms with Gasteiger partial charge in [0.2, 0.25) is 0 Å². The van der Waals surface area contributed by atoms with Crippen LogP contribution in [-0.4, -0.2) is 33.1 Å². The molecule has 0 saturated carbocycles. The number of aromatic amines is 1. The van der Waals surface area contributed by atoms with Gasteiger partial charge in [0, 0.05) is 5.39 Å². The number of nitrogens with one attached hydrogen (secondary N) is 1. The molecule has 17 heavy (non-hydrogen) atoms. The van der Waals surface area contributed by atoms with Crippen molar-refractivity contribution in [1.29, 1.82) is 0 Å². The third kappa shape index (κ3) is 1.82. The Morgan fingerprint density at radius 2 is 2.18 bits per heavy atom. The molecule has 0 bridgehead atoms. The predicted molar refractivity (Wildman–Crippen MR) is 58.4 cm³/mol. The first-order chi connectivity index (χ1) is 8.02. The molecule has 2 aromatic rings. The van der Waals surface area contributed by atoms with Gasteiger partial charge in [-0.1, -0.05) is 0 Å². The topological polar surface area (TPSA) is 105 Å². The molecule has 0 saturated heterocycles. The maximum absolute atomic E-state index is 11.4. The van der Waals surface area contributed by atoms with E-state index in [4.69, 9.17) is 9.84 Å². The van der Waals surface area contributed by atoms with Gasteiger partial charge < -0.3 is 14.8 Å². The number of hydrogen-bond donors (Lipinski definition) is 2. The number of nitrogens with zero attached hydrogens (tertiary/aromatic N) is 2. The molecule has 0 atom stereocenters. The number of carbonyl (C=O) groups is 1. The average Bonchev–Trinajstić information content (AvgIpc) is 2.27. The smallest absolute Gasteiger partial charge is 0.341 e. The van der Waals surface area contributed by atoms with Gasteiger partial charge in [-0.2, -0.15) is 9.97 Å². The van der Waals surface area contributed by atoms with E-state index >= 15 is 0 Å². The largest absolute Gasteiger partial charge is 0.477 e. The first-order valence-corrected chi connectivity index (χ1v) is 4.72. The minimum Gasteiger partial charge on any atom is -0.477 e. The Morgan fingerprint density at radius 1 is 1.47 bits per heavy atom. The molecule has 0 fully saturated rings. The summed E-state index contributed by atoms with van der Waals surface area (Å²) in [6.07, 6.45) is 0. The van der Waals surface area contributed by atoms with Crippen molar-refractivity contribution in [1.82, 2.24) is 15.0 Å². The molecule has 0 aromatic carbocycles. The van der Waals surface area contributed by atoms with Crippen molar-refractivity contribution in [3.05, 3.63) is 27.7 Å². The molecule has 0 aliphatic carbocycles. The summed E-state index contributed by atoms with van der Waals surface area (Å²) in [6, 6.07) is 1.37. The third-order valence-electron chi connectivity index (χ3n) is 2.29. The minimum absolute atomic E-state index is 0.119. The van der Waals surface area contributed by atoms with E-state index in [0.717, 1.165) is 0 Å². The molecule has 2 rings (SSSR count). The molecule has 0 aliphatic rings. The number of aryl methyl sites for hydroxylation is 1. The fourth-order valence-corrected chi connectivity index (χ4v) is 1.46. The van der Waals surface area contributed by atoms with E-state index in [-0.39, 0.29) is 17.2 Å². The van der Waals surface area contributed by atoms with Crippen molar-refractivity contribution < 1.29 is 14.6 Å². The number of aromatic nitrogens is 3. The highest BCUT2D eigenvalue weighted by molar-refractivity contribution is 5.92. The van der Waals surface area contributed by atoms with Crippen molar-refractivity contribution in [3.63, 3.8) is 0 Å². The molecule has 2 N–H and O–H groups in total. The Hall–Kier alpha value is -2.44. The SMILES string of the molecule is COc1nc(C)c2cc(C(=O)O)c(=O)[nH]c2n1. The van der Waals surface area contributed by atoms with Crippen LogP contribution < -0.4 is 10.3 Å². The Kier molecular flexibility index (Phi) is 2.51. The van der Waals surface area contributed by atoms with Crippen LogP contribution in [0.5, 0.6) is 6.01 Å². The van der Waals surface area contributed by atoms with Gasteiger partial charge in [0.1, 0.15) is 11.2 Å². The average molecular weight is 235 g/mol. The van der Waals surface area contributed by atoms with Crippen LogP contribution in [0, 0.1) is 6.92 Å². The monoisotopic (exact) mass is 235 g/mol. The summed E-state index contributed by atoms with van der Waals surface area (Å²) in [7, 11) is 1.41. The normalized spacial score (nSPS) is 10.5. The molecule has 7 heteroatoms. The van der Waals surface area contributed by atoms with Gasteiger partial charge in [-0.15, -0.1) is 0 Å². The first-order valence-electron chi connectivity index (χ1n) is 4.72. The van der Waals surface area contributed by atoms with E-state index in [1.54, 1.807) is 6.92 Å². The van der Waals surface area contributed by atoms with Crippen LogP contribution in [0.25, 0.3) is 11.0 Å². The van der Waals surface area contributed by atoms with Gasteiger partial charge in [0.15, 0.2) is 0 Å². The fourth-order valence-electron chi connectivity index (χ4n) is 1.46. The van der Waals surface area contributed by atoms with E-state index in [0.29, 0.717) is 11.1 Å². The van der Waals surface area contributed by atoms with Gasteiger partial charge in [-0.3, -0.25) is 4.79 Å². The van der Waals surface area contributed by atoms with E-state index in [2.05, 4.69) is 15.0 Å². The molecule has 2 aromatic heterocycles. The summed E-state index contributed by atoms with van der Waals surface area (Å²) in [5.41, 5.74) is -0.255. The predicted octanol–water partition coefficient (Wildman–Crippen LogP) is 0.333. The van der Waals surface area contributed by atoms with Crippen LogP contribution >= 0.6 is 0 Å². The molecule has 0 spiro atoms. The lowest BCUT2D eigenvalue weighted by atomic mass is 10.2. The first kappa shape index (κ1) is 11.1. The lowest BCUT2D eigenvalue weighted by Gasteiger charge is -2.04. The van der Waals surface area contributed by atoms with E-state index in [1.165, 1.54) is 13.2 Å². The summed E-state index contributed by atoms with van der Waals surface area (Å²) in [4.78, 5) is 32.6. The number of rotatable bonds is 2. The van der Waals surface area contributed by atoms with Gasteiger partial charge in [0.05, 0.1) is 12.8 Å². The van der Waals surface area contributed by atoms with E-state index in [9.17, 15) is 9.59 Å². The molecule has 0 amide bonds. The van der Waals surface area contributed by atoms with Crippen molar-refractivity contribution >= 4 is 17.0 Å². The highest BCUT2D eigenvalue weighted by Gasteiger charge is 2.13. The number of aromatic carboxylic acids is 1. The zero-order chi connectivity index (χ0) is 12.6. The van der Waals surface area contributed by atoms with Crippen molar-refractivity contribution in [3.8, 4) is 6.01 Å². The van der Waals surface area contributed by atoms with Crippen LogP contribution in [-0.2, 0) is 0 Å². The summed E-state index contributed by atoms with van der Waals surface area (Å²) < 4.78 is 4.86. The van der Waals surface area contributed by atoms with Crippen molar-refractivity contribution in [2.75, 3.05) is 7.11 Å². The maximum atomic E-state index is 11.4. The number of fused-ring (bicyclic) bond motifs is 1. The number of carboxylic acids is 1. The minimum atomic E-state index is -1.29. The van der Waals surface area contributed by atoms with Gasteiger partial charge in [-0.05, 0) is 13.0 Å². The van der Waals surface area contributed by atoms with Crippen LogP contribution in [0.2, 0.25) is 0 Å². The molecular formula is C10H9N3O4. The number of H-pyrrole nitrogens is 1. The number of methoxy groups -OCH3 is 1. The number of hydrogen-bond acceptors (Lipinski definition) is 5. The molecule has 7 nitrogen and oxygen atoms in total. The van der Waals surface area contributed by atoms with Gasteiger partial charge in [0.25, 0.3) is 5.56 Å². The zero-order valence-electron chi connectivity index (χ0n) is 9.14. The second kappa shape index (κ2) is 3.85. The Bertz CT molecular complexity index is 662. The highest BCUT2D eigenvalue weighted by atomic mass is 16.5. The molecule has 0 radical (unpaired) electrons. The number of pyridine rings is 1. The summed E-state index contributed by atoms with van der Waals surface area (Å²) >= 11 is 0. The number of carboxylic acid groups (broad SMARTS) is 1. The quantitative estimate of drug-likeness (QED) is 0.777. The Balaban J connectivity index is 2.83. The number of ether oxygens (including phenoxy) is 1. The second-order valence-electron chi connectivity index (χ2n) is 3.38.